The van der Waals surface area contributed by atoms with Gasteiger partial charge in [0.1, 0.15) is 5.60 Å². The highest BCUT2D eigenvalue weighted by molar-refractivity contribution is 9.09. The molecule has 114 valence electrons. The third kappa shape index (κ3) is 6.41. The van der Waals surface area contributed by atoms with Crippen molar-refractivity contribution in [3.05, 3.63) is 12.2 Å². The summed E-state index contributed by atoms with van der Waals surface area (Å²) in [6.07, 6.45) is 4.68. The Hall–Kier alpha value is -1.04. The summed E-state index contributed by atoms with van der Waals surface area (Å²) in [4.78, 5) is 25.3. The van der Waals surface area contributed by atoms with E-state index in [2.05, 4.69) is 21.2 Å². The minimum Gasteiger partial charge on any atom is -0.444 e. The topological polar surface area (TPSA) is 58.6 Å². The molecule has 1 rings (SSSR count). The van der Waals surface area contributed by atoms with Gasteiger partial charge in [0.2, 0.25) is 5.91 Å². The van der Waals surface area contributed by atoms with Crippen LogP contribution in [-0.4, -0.2) is 47.0 Å². The van der Waals surface area contributed by atoms with Crippen molar-refractivity contribution >= 4 is 27.9 Å². The van der Waals surface area contributed by atoms with Gasteiger partial charge in [-0.2, -0.15) is 0 Å². The summed E-state index contributed by atoms with van der Waals surface area (Å²) in [6, 6.07) is -0.0104. The van der Waals surface area contributed by atoms with Crippen molar-refractivity contribution in [1.29, 1.82) is 0 Å². The van der Waals surface area contributed by atoms with E-state index in [-0.39, 0.29) is 18.0 Å². The normalized spacial score (nSPS) is 20.0. The molecule has 0 saturated carbocycles. The second-order valence-electron chi connectivity index (χ2n) is 5.83. The number of hydrogen-bond donors (Lipinski definition) is 1. The molecule has 0 aliphatic carbocycles. The van der Waals surface area contributed by atoms with Crippen molar-refractivity contribution in [2.75, 3.05) is 18.4 Å². The molecular weight excluding hydrogens is 324 g/mol. The Bertz CT molecular complexity index is 377. The molecule has 20 heavy (non-hydrogen) atoms. The first kappa shape index (κ1) is 17.0. The van der Waals surface area contributed by atoms with Gasteiger partial charge in [-0.1, -0.05) is 22.0 Å². The molecule has 0 bridgehead atoms. The van der Waals surface area contributed by atoms with E-state index in [9.17, 15) is 9.59 Å². The molecular formula is C14H23BrN2O3. The summed E-state index contributed by atoms with van der Waals surface area (Å²) >= 11 is 3.22. The van der Waals surface area contributed by atoms with Crippen molar-refractivity contribution in [2.45, 2.75) is 45.3 Å². The van der Waals surface area contributed by atoms with Crippen LogP contribution in [0.25, 0.3) is 0 Å². The van der Waals surface area contributed by atoms with Crippen molar-refractivity contribution < 1.29 is 14.3 Å². The summed E-state index contributed by atoms with van der Waals surface area (Å²) in [6.45, 7) is 6.72. The van der Waals surface area contributed by atoms with Crippen LogP contribution in [0.2, 0.25) is 0 Å². The Labute approximate surface area is 128 Å². The maximum Gasteiger partial charge on any atom is 0.410 e. The zero-order chi connectivity index (χ0) is 15.2. The first-order valence-corrected chi connectivity index (χ1v) is 7.95. The van der Waals surface area contributed by atoms with Gasteiger partial charge in [0.15, 0.2) is 0 Å². The number of allylic oxidation sites excluding steroid dienone is 1. The van der Waals surface area contributed by atoms with E-state index in [1.54, 1.807) is 11.0 Å². The monoisotopic (exact) mass is 346 g/mol. The lowest BCUT2D eigenvalue weighted by molar-refractivity contribution is -0.117. The number of nitrogens with one attached hydrogen (secondary N) is 1. The Morgan fingerprint density at radius 3 is 2.75 bits per heavy atom. The highest BCUT2D eigenvalue weighted by atomic mass is 79.9. The third-order valence-electron chi connectivity index (χ3n) is 2.78. The third-order valence-corrected chi connectivity index (χ3v) is 3.15. The van der Waals surface area contributed by atoms with Crippen LogP contribution in [0.3, 0.4) is 0 Å². The molecule has 0 spiro atoms. The summed E-state index contributed by atoms with van der Waals surface area (Å²) < 4.78 is 5.35. The molecule has 0 aromatic rings. The molecule has 1 aliphatic heterocycles. The Morgan fingerprint density at radius 1 is 1.45 bits per heavy atom. The lowest BCUT2D eigenvalue weighted by Crippen LogP contribution is -2.50. The van der Waals surface area contributed by atoms with Crippen LogP contribution in [-0.2, 0) is 9.53 Å². The first-order valence-electron chi connectivity index (χ1n) is 6.83. The summed E-state index contributed by atoms with van der Waals surface area (Å²) in [7, 11) is 0. The maximum absolute atomic E-state index is 12.0. The number of ether oxygens (including phenoxy) is 1. The van der Waals surface area contributed by atoms with Gasteiger partial charge < -0.3 is 15.0 Å². The van der Waals surface area contributed by atoms with Gasteiger partial charge in [0.05, 0.1) is 0 Å². The van der Waals surface area contributed by atoms with Crippen LogP contribution in [0.4, 0.5) is 4.79 Å². The van der Waals surface area contributed by atoms with E-state index >= 15 is 0 Å². The van der Waals surface area contributed by atoms with Crippen molar-refractivity contribution in [2.24, 2.45) is 0 Å². The molecule has 1 heterocycles. The molecule has 6 heteroatoms. The molecule has 0 aromatic carbocycles. The van der Waals surface area contributed by atoms with Crippen LogP contribution in [0, 0.1) is 0 Å². The van der Waals surface area contributed by atoms with E-state index in [0.717, 1.165) is 12.8 Å². The molecule has 0 unspecified atom stereocenters. The van der Waals surface area contributed by atoms with E-state index < -0.39 is 5.60 Å². The minimum atomic E-state index is -0.494. The number of likely N-dealkylation sites (tertiary alicyclic amines) is 1. The molecule has 5 nitrogen and oxygen atoms in total. The fourth-order valence-electron chi connectivity index (χ4n) is 1.99. The van der Waals surface area contributed by atoms with Crippen LogP contribution >= 0.6 is 15.9 Å². The standard InChI is InChI=1S/C14H23BrN2O3/c1-14(2,3)20-13(19)17-9-5-6-11(10-17)16-12(18)7-4-8-15/h4,7,11H,5-6,8-10H2,1-3H3,(H,16,18)/b7-4+/t11-/m0/s1. The molecule has 1 N–H and O–H groups in total. The van der Waals surface area contributed by atoms with E-state index in [1.807, 2.05) is 20.8 Å². The van der Waals surface area contributed by atoms with Crippen molar-refractivity contribution in [1.82, 2.24) is 10.2 Å². The van der Waals surface area contributed by atoms with Gasteiger partial charge in [-0.3, -0.25) is 4.79 Å². The van der Waals surface area contributed by atoms with E-state index in [0.29, 0.717) is 18.4 Å². The number of alkyl halides is 1. The van der Waals surface area contributed by atoms with Gasteiger partial charge in [0, 0.05) is 24.5 Å². The fourth-order valence-corrected chi connectivity index (χ4v) is 2.18. The summed E-state index contributed by atoms with van der Waals surface area (Å²) in [5.41, 5.74) is -0.494. The van der Waals surface area contributed by atoms with E-state index in [1.165, 1.54) is 6.08 Å². The van der Waals surface area contributed by atoms with Crippen LogP contribution in [0.15, 0.2) is 12.2 Å². The predicted molar refractivity (Wildman–Crippen MR) is 81.9 cm³/mol. The maximum atomic E-state index is 12.0. The van der Waals surface area contributed by atoms with Crippen LogP contribution in [0.1, 0.15) is 33.6 Å². The first-order chi connectivity index (χ1) is 9.31. The number of piperidine rings is 1. The van der Waals surface area contributed by atoms with Crippen LogP contribution in [0.5, 0.6) is 0 Å². The van der Waals surface area contributed by atoms with Gasteiger partial charge in [0.25, 0.3) is 0 Å². The largest absolute Gasteiger partial charge is 0.444 e. The van der Waals surface area contributed by atoms with Gasteiger partial charge >= 0.3 is 6.09 Å². The predicted octanol–water partition coefficient (Wildman–Crippen LogP) is 2.45. The number of rotatable bonds is 3. The molecule has 1 atom stereocenters. The van der Waals surface area contributed by atoms with Gasteiger partial charge in [-0.15, -0.1) is 0 Å². The fraction of sp³-hybridized carbons (Fsp3) is 0.714. The number of amides is 2. The number of nitrogens with zero attached hydrogens (tertiary/aromatic N) is 1. The summed E-state index contributed by atoms with van der Waals surface area (Å²) in [5.74, 6) is -0.125. The highest BCUT2D eigenvalue weighted by Crippen LogP contribution is 2.15. The average molecular weight is 347 g/mol. The summed E-state index contributed by atoms with van der Waals surface area (Å²) in [5, 5.41) is 3.55. The molecule has 0 radical (unpaired) electrons. The Morgan fingerprint density at radius 2 is 2.15 bits per heavy atom. The lowest BCUT2D eigenvalue weighted by Gasteiger charge is -2.34. The SMILES string of the molecule is CC(C)(C)OC(=O)N1CCC[C@H](NC(=O)/C=C/CBr)C1. The smallest absolute Gasteiger partial charge is 0.410 e. The average Bonchev–Trinajstić information content (AvgIpc) is 2.34. The minimum absolute atomic E-state index is 0.0104. The van der Waals surface area contributed by atoms with Gasteiger partial charge in [-0.05, 0) is 39.7 Å². The Balaban J connectivity index is 2.48. The van der Waals surface area contributed by atoms with E-state index in [4.69, 9.17) is 4.74 Å². The zero-order valence-corrected chi connectivity index (χ0v) is 13.9. The number of carbonyl (C=O) groups excluding carboxylic acids is 2. The second-order valence-corrected chi connectivity index (χ2v) is 6.48. The molecule has 1 fully saturated rings. The molecule has 1 saturated heterocycles. The van der Waals surface area contributed by atoms with Gasteiger partial charge in [-0.25, -0.2) is 4.79 Å². The number of carbonyl (C=O) groups is 2. The lowest BCUT2D eigenvalue weighted by atomic mass is 10.1. The zero-order valence-electron chi connectivity index (χ0n) is 12.3. The second kappa shape index (κ2) is 7.67. The number of hydrogen-bond acceptors (Lipinski definition) is 3. The Kier molecular flexibility index (Phi) is 6.52. The van der Waals surface area contributed by atoms with Crippen molar-refractivity contribution in [3.8, 4) is 0 Å². The molecule has 0 aromatic heterocycles. The van der Waals surface area contributed by atoms with Crippen LogP contribution < -0.4 is 5.32 Å². The molecule has 2 amide bonds. The number of halogens is 1. The highest BCUT2D eigenvalue weighted by Gasteiger charge is 2.27. The quantitative estimate of drug-likeness (QED) is 0.630. The molecule has 1 aliphatic rings. The van der Waals surface area contributed by atoms with Crippen molar-refractivity contribution in [3.63, 3.8) is 0 Å².